The van der Waals surface area contributed by atoms with Crippen LogP contribution in [0.4, 0.5) is 13.2 Å². The molecule has 2 saturated heterocycles. The van der Waals surface area contributed by atoms with Gasteiger partial charge in [-0.1, -0.05) is 6.07 Å². The van der Waals surface area contributed by atoms with E-state index in [4.69, 9.17) is 0 Å². The third-order valence-corrected chi connectivity index (χ3v) is 4.48. The second-order valence-corrected chi connectivity index (χ2v) is 5.94. The van der Waals surface area contributed by atoms with Crippen molar-refractivity contribution in [3.8, 4) is 0 Å². The molecule has 0 aromatic heterocycles. The highest BCUT2D eigenvalue weighted by Crippen LogP contribution is 2.32. The first-order valence-electron chi connectivity index (χ1n) is 7.15. The summed E-state index contributed by atoms with van der Waals surface area (Å²) in [6.07, 6.45) is 2.02. The molecule has 1 aromatic carbocycles. The number of aryl methyl sites for hydroxylation is 1. The Bertz CT molecular complexity index is 568. The molecule has 21 heavy (non-hydrogen) atoms. The monoisotopic (exact) mass is 298 g/mol. The minimum atomic E-state index is -1.48. The predicted molar refractivity (Wildman–Crippen MR) is 71.2 cm³/mol. The van der Waals surface area contributed by atoms with Gasteiger partial charge in [-0.3, -0.25) is 4.79 Å². The molecule has 1 amide bonds. The number of benzene rings is 1. The third kappa shape index (κ3) is 2.77. The van der Waals surface area contributed by atoms with Crippen molar-refractivity contribution in [1.29, 1.82) is 0 Å². The van der Waals surface area contributed by atoms with Crippen LogP contribution in [0.15, 0.2) is 12.1 Å². The van der Waals surface area contributed by atoms with E-state index in [1.54, 1.807) is 0 Å². The zero-order chi connectivity index (χ0) is 15.0. The first-order chi connectivity index (χ1) is 9.99. The third-order valence-electron chi connectivity index (χ3n) is 4.48. The van der Waals surface area contributed by atoms with E-state index in [9.17, 15) is 18.0 Å². The molecule has 3 nitrogen and oxygen atoms in total. The fourth-order valence-electron chi connectivity index (χ4n) is 3.26. The Morgan fingerprint density at radius 1 is 1.19 bits per heavy atom. The van der Waals surface area contributed by atoms with E-state index < -0.39 is 17.5 Å². The molecule has 0 unspecified atom stereocenters. The van der Waals surface area contributed by atoms with Crippen molar-refractivity contribution < 1.29 is 18.0 Å². The van der Waals surface area contributed by atoms with Crippen LogP contribution in [-0.2, 0) is 11.2 Å². The van der Waals surface area contributed by atoms with E-state index in [0.29, 0.717) is 0 Å². The van der Waals surface area contributed by atoms with E-state index in [-0.39, 0.29) is 29.9 Å². The van der Waals surface area contributed by atoms with Crippen LogP contribution in [0.3, 0.4) is 0 Å². The lowest BCUT2D eigenvalue weighted by atomic mass is 9.95. The van der Waals surface area contributed by atoms with Crippen molar-refractivity contribution >= 4 is 5.91 Å². The number of amides is 1. The molecule has 0 saturated carbocycles. The summed E-state index contributed by atoms with van der Waals surface area (Å²) in [6, 6.07) is 2.07. The van der Waals surface area contributed by atoms with Gasteiger partial charge in [0.25, 0.3) is 0 Å². The Hall–Kier alpha value is -1.56. The highest BCUT2D eigenvalue weighted by atomic mass is 19.2. The molecule has 114 valence electrons. The van der Waals surface area contributed by atoms with Crippen molar-refractivity contribution in [2.75, 3.05) is 19.6 Å². The number of nitrogens with zero attached hydrogens (tertiary/aromatic N) is 1. The summed E-state index contributed by atoms with van der Waals surface area (Å²) in [5.41, 5.74) is -0.107. The average Bonchev–Trinajstić information content (AvgIpc) is 3.04. The topological polar surface area (TPSA) is 32.3 Å². The number of hydrogen-bond donors (Lipinski definition) is 1. The van der Waals surface area contributed by atoms with Gasteiger partial charge in [0.05, 0.1) is 5.54 Å². The molecule has 1 aromatic rings. The normalized spacial score (nSPS) is 27.1. The van der Waals surface area contributed by atoms with Crippen LogP contribution in [0, 0.1) is 17.5 Å². The molecule has 0 aliphatic carbocycles. The standard InChI is InChI=1S/C15H17F3N2O/c16-11-3-1-10(13(17)14(11)18)2-4-12(21)19-15-5-7-20(9-15)8-6-15/h1,3H,2,4-9H2,(H,19,21). The Morgan fingerprint density at radius 2 is 1.90 bits per heavy atom. The van der Waals surface area contributed by atoms with Crippen LogP contribution < -0.4 is 5.32 Å². The predicted octanol–water partition coefficient (Wildman–Crippen LogP) is 2.00. The number of carbonyl (C=O) groups is 1. The van der Waals surface area contributed by atoms with Crippen molar-refractivity contribution in [3.63, 3.8) is 0 Å². The van der Waals surface area contributed by atoms with E-state index in [2.05, 4.69) is 10.2 Å². The summed E-state index contributed by atoms with van der Waals surface area (Å²) >= 11 is 0. The van der Waals surface area contributed by atoms with Gasteiger partial charge in [-0.2, -0.15) is 0 Å². The van der Waals surface area contributed by atoms with Gasteiger partial charge in [0.1, 0.15) is 0 Å². The number of hydrogen-bond acceptors (Lipinski definition) is 2. The fourth-order valence-corrected chi connectivity index (χ4v) is 3.26. The van der Waals surface area contributed by atoms with Crippen LogP contribution in [0.1, 0.15) is 24.8 Å². The summed E-state index contributed by atoms with van der Waals surface area (Å²) in [6.45, 7) is 2.87. The zero-order valence-electron chi connectivity index (χ0n) is 11.6. The zero-order valence-corrected chi connectivity index (χ0v) is 11.6. The molecule has 2 fully saturated rings. The number of piperidine rings is 1. The second-order valence-electron chi connectivity index (χ2n) is 5.94. The van der Waals surface area contributed by atoms with Gasteiger partial charge in [0.15, 0.2) is 17.5 Å². The lowest BCUT2D eigenvalue weighted by Gasteiger charge is -2.26. The smallest absolute Gasteiger partial charge is 0.220 e. The maximum absolute atomic E-state index is 13.5. The van der Waals surface area contributed by atoms with Crippen LogP contribution in [0.5, 0.6) is 0 Å². The first-order valence-corrected chi connectivity index (χ1v) is 7.15. The summed E-state index contributed by atoms with van der Waals surface area (Å²) < 4.78 is 39.5. The fraction of sp³-hybridized carbons (Fsp3) is 0.533. The van der Waals surface area contributed by atoms with Crippen molar-refractivity contribution in [3.05, 3.63) is 35.1 Å². The summed E-state index contributed by atoms with van der Waals surface area (Å²) in [5.74, 6) is -4.05. The molecule has 0 spiro atoms. The van der Waals surface area contributed by atoms with Gasteiger partial charge in [0.2, 0.25) is 5.91 Å². The molecule has 2 aliphatic heterocycles. The number of halogens is 3. The minimum Gasteiger partial charge on any atom is -0.349 e. The van der Waals surface area contributed by atoms with Crippen LogP contribution in [-0.4, -0.2) is 36.0 Å². The molecular weight excluding hydrogens is 281 g/mol. The number of rotatable bonds is 4. The van der Waals surface area contributed by atoms with Crippen LogP contribution in [0.25, 0.3) is 0 Å². The maximum atomic E-state index is 13.5. The van der Waals surface area contributed by atoms with Crippen molar-refractivity contribution in [1.82, 2.24) is 10.2 Å². The molecule has 2 bridgehead atoms. The molecular formula is C15H17F3N2O. The summed E-state index contributed by atoms with van der Waals surface area (Å²) in [4.78, 5) is 14.3. The van der Waals surface area contributed by atoms with E-state index >= 15 is 0 Å². The molecule has 1 N–H and O–H groups in total. The van der Waals surface area contributed by atoms with Gasteiger partial charge in [-0.05, 0) is 30.9 Å². The van der Waals surface area contributed by atoms with Gasteiger partial charge in [0, 0.05) is 26.1 Å². The summed E-state index contributed by atoms with van der Waals surface area (Å²) in [7, 11) is 0. The van der Waals surface area contributed by atoms with Crippen molar-refractivity contribution in [2.24, 2.45) is 0 Å². The van der Waals surface area contributed by atoms with Gasteiger partial charge in [-0.15, -0.1) is 0 Å². The Labute approximate surface area is 121 Å². The minimum absolute atomic E-state index is 0.0287. The molecule has 6 heteroatoms. The lowest BCUT2D eigenvalue weighted by molar-refractivity contribution is -0.122. The molecule has 2 aliphatic rings. The van der Waals surface area contributed by atoms with E-state index in [1.165, 1.54) is 6.07 Å². The van der Waals surface area contributed by atoms with Crippen LogP contribution >= 0.6 is 0 Å². The molecule has 0 atom stereocenters. The largest absolute Gasteiger partial charge is 0.349 e. The highest BCUT2D eigenvalue weighted by molar-refractivity contribution is 5.77. The van der Waals surface area contributed by atoms with Crippen LogP contribution in [0.2, 0.25) is 0 Å². The lowest BCUT2D eigenvalue weighted by Crippen LogP contribution is -2.47. The number of carbonyl (C=O) groups excluding carboxylic acids is 1. The second kappa shape index (κ2) is 5.33. The number of fused-ring (bicyclic) bond motifs is 2. The molecule has 0 radical (unpaired) electrons. The molecule has 2 heterocycles. The highest BCUT2D eigenvalue weighted by Gasteiger charge is 2.44. The van der Waals surface area contributed by atoms with E-state index in [1.807, 2.05) is 0 Å². The molecule has 3 rings (SSSR count). The average molecular weight is 298 g/mol. The first kappa shape index (κ1) is 14.4. The summed E-state index contributed by atoms with van der Waals surface area (Å²) in [5, 5.41) is 3.03. The van der Waals surface area contributed by atoms with Gasteiger partial charge < -0.3 is 10.2 Å². The Kier molecular flexibility index (Phi) is 3.65. The van der Waals surface area contributed by atoms with Crippen molar-refractivity contribution in [2.45, 2.75) is 31.2 Å². The quantitative estimate of drug-likeness (QED) is 0.862. The maximum Gasteiger partial charge on any atom is 0.220 e. The van der Waals surface area contributed by atoms with Gasteiger partial charge >= 0.3 is 0 Å². The van der Waals surface area contributed by atoms with Gasteiger partial charge in [-0.25, -0.2) is 13.2 Å². The van der Waals surface area contributed by atoms with E-state index in [0.717, 1.165) is 38.5 Å². The number of nitrogens with one attached hydrogen (secondary N) is 1. The Morgan fingerprint density at radius 3 is 2.52 bits per heavy atom. The SMILES string of the molecule is O=C(CCc1ccc(F)c(F)c1F)NC12CCN(CC1)C2. The Balaban J connectivity index is 1.58.